The van der Waals surface area contributed by atoms with Gasteiger partial charge in [0.15, 0.2) is 5.65 Å². The summed E-state index contributed by atoms with van der Waals surface area (Å²) < 4.78 is 2.16. The van der Waals surface area contributed by atoms with Gasteiger partial charge in [0, 0.05) is 5.56 Å². The Morgan fingerprint density at radius 2 is 2.07 bits per heavy atom. The normalized spacial score (nSPS) is 15.2. The van der Waals surface area contributed by atoms with E-state index in [9.17, 15) is 10.4 Å². The zero-order chi connectivity index (χ0) is 19.7. The Hall–Kier alpha value is -2.88. The molecule has 6 nitrogen and oxygen atoms in total. The number of nitriles is 1. The molecule has 0 amide bonds. The molecule has 1 aliphatic heterocycles. The number of anilines is 1. The summed E-state index contributed by atoms with van der Waals surface area (Å²) in [7, 11) is 0. The molecule has 0 spiro atoms. The zero-order valence-electron chi connectivity index (χ0n) is 16.3. The first-order valence-corrected chi connectivity index (χ1v) is 9.82. The minimum atomic E-state index is 0.226. The molecule has 0 aliphatic carbocycles. The van der Waals surface area contributed by atoms with Crippen molar-refractivity contribution in [3.05, 3.63) is 53.6 Å². The number of imidazole rings is 1. The van der Waals surface area contributed by atoms with Crippen molar-refractivity contribution in [3.8, 4) is 6.07 Å². The third-order valence-electron chi connectivity index (χ3n) is 5.79. The summed E-state index contributed by atoms with van der Waals surface area (Å²) in [5.41, 5.74) is 5.44. The van der Waals surface area contributed by atoms with Crippen molar-refractivity contribution in [2.45, 2.75) is 13.3 Å². The van der Waals surface area contributed by atoms with Crippen LogP contribution >= 0.6 is 0 Å². The van der Waals surface area contributed by atoms with Crippen LogP contribution in [0.1, 0.15) is 16.7 Å². The van der Waals surface area contributed by atoms with Gasteiger partial charge >= 0.3 is 0 Å². The maximum absolute atomic E-state index is 9.86. The van der Waals surface area contributed by atoms with Crippen LogP contribution in [0.15, 0.2) is 36.9 Å². The predicted octanol–water partition coefficient (Wildman–Crippen LogP) is 1.09. The average molecular weight is 376 g/mol. The molecule has 1 aliphatic rings. The fourth-order valence-electron chi connectivity index (χ4n) is 4.33. The van der Waals surface area contributed by atoms with E-state index in [0.29, 0.717) is 12.0 Å². The molecule has 28 heavy (non-hydrogen) atoms. The Morgan fingerprint density at radius 3 is 2.75 bits per heavy atom. The summed E-state index contributed by atoms with van der Waals surface area (Å²) in [6.45, 7) is 10.8. The number of nitrogens with one attached hydrogen (secondary N) is 1. The topological polar surface area (TPSA) is 69.0 Å². The quantitative estimate of drug-likeness (QED) is 0.654. The Kier molecular flexibility index (Phi) is 5.03. The summed E-state index contributed by atoms with van der Waals surface area (Å²) in [6, 6.07) is 10.5. The molecule has 3 heterocycles. The number of benzene rings is 1. The zero-order valence-corrected chi connectivity index (χ0v) is 16.3. The molecule has 1 aromatic carbocycles. The van der Waals surface area contributed by atoms with Gasteiger partial charge in [-0.1, -0.05) is 18.2 Å². The number of fused-ring (bicyclic) bond motifs is 3. The number of piperazine rings is 1. The highest BCUT2D eigenvalue weighted by Gasteiger charge is 2.27. The molecule has 2 aromatic heterocycles. The third kappa shape index (κ3) is 2.93. The molecular formula is C22H26N5O+. The van der Waals surface area contributed by atoms with Crippen LogP contribution in [0.5, 0.6) is 0 Å². The standard InChI is InChI=1S/C22H25N5O/c1-3-6-17-16(2)18(15-23)21-24-19-7-4-5-8-20(19)27(21)22(17)26-11-9-25(10-12-26)13-14-28/h3-5,7-8,28H,1,6,9-14H2,2H3/p+1. The first-order valence-electron chi connectivity index (χ1n) is 9.82. The second-order valence-electron chi connectivity index (χ2n) is 7.38. The highest BCUT2D eigenvalue weighted by atomic mass is 16.3. The second kappa shape index (κ2) is 7.63. The number of quaternary nitrogens is 1. The first-order chi connectivity index (χ1) is 13.7. The highest BCUT2D eigenvalue weighted by Crippen LogP contribution is 2.33. The van der Waals surface area contributed by atoms with E-state index in [1.807, 2.05) is 31.2 Å². The lowest BCUT2D eigenvalue weighted by molar-refractivity contribution is -0.900. The number of pyridine rings is 1. The highest BCUT2D eigenvalue weighted by molar-refractivity contribution is 5.86. The lowest BCUT2D eigenvalue weighted by Gasteiger charge is -2.35. The predicted molar refractivity (Wildman–Crippen MR) is 111 cm³/mol. The van der Waals surface area contributed by atoms with Crippen molar-refractivity contribution in [2.24, 2.45) is 0 Å². The van der Waals surface area contributed by atoms with E-state index in [1.165, 1.54) is 4.90 Å². The maximum Gasteiger partial charge on any atom is 0.157 e. The van der Waals surface area contributed by atoms with E-state index >= 15 is 0 Å². The van der Waals surface area contributed by atoms with Crippen molar-refractivity contribution in [2.75, 3.05) is 44.2 Å². The van der Waals surface area contributed by atoms with E-state index in [2.05, 4.69) is 28.0 Å². The van der Waals surface area contributed by atoms with Gasteiger partial charge in [-0.3, -0.25) is 4.40 Å². The van der Waals surface area contributed by atoms with Crippen molar-refractivity contribution in [3.63, 3.8) is 0 Å². The molecular weight excluding hydrogens is 350 g/mol. The Balaban J connectivity index is 1.96. The summed E-state index contributed by atoms with van der Waals surface area (Å²) in [5, 5.41) is 19.1. The van der Waals surface area contributed by atoms with Crippen LogP contribution in [0.4, 0.5) is 5.82 Å². The van der Waals surface area contributed by atoms with Gasteiger partial charge in [0.05, 0.1) is 49.4 Å². The lowest BCUT2D eigenvalue weighted by Crippen LogP contribution is -3.15. The van der Waals surface area contributed by atoms with Gasteiger partial charge in [0.2, 0.25) is 0 Å². The number of aliphatic hydroxyl groups excluding tert-OH is 1. The molecule has 1 saturated heterocycles. The van der Waals surface area contributed by atoms with E-state index in [0.717, 1.165) is 66.3 Å². The Labute approximate surface area is 164 Å². The Bertz CT molecular complexity index is 1070. The number of aromatic nitrogens is 2. The van der Waals surface area contributed by atoms with Crippen molar-refractivity contribution in [1.29, 1.82) is 5.26 Å². The lowest BCUT2D eigenvalue weighted by atomic mass is 10.0. The minimum Gasteiger partial charge on any atom is -0.391 e. The van der Waals surface area contributed by atoms with Gasteiger partial charge in [-0.25, -0.2) is 4.98 Å². The third-order valence-corrected chi connectivity index (χ3v) is 5.79. The van der Waals surface area contributed by atoms with Crippen molar-refractivity contribution >= 4 is 22.5 Å². The first kappa shape index (κ1) is 18.5. The number of allylic oxidation sites excluding steroid dienone is 1. The number of nitrogens with zero attached hydrogens (tertiary/aromatic N) is 4. The fourth-order valence-corrected chi connectivity index (χ4v) is 4.33. The number of hydrogen-bond acceptors (Lipinski definition) is 4. The van der Waals surface area contributed by atoms with Crippen LogP contribution < -0.4 is 9.80 Å². The molecule has 6 heteroatoms. The van der Waals surface area contributed by atoms with Crippen LogP contribution in [-0.2, 0) is 6.42 Å². The van der Waals surface area contributed by atoms with Crippen molar-refractivity contribution < 1.29 is 10.0 Å². The molecule has 0 saturated carbocycles. The maximum atomic E-state index is 9.86. The van der Waals surface area contributed by atoms with Gasteiger partial charge < -0.3 is 14.9 Å². The summed E-state index contributed by atoms with van der Waals surface area (Å²) in [4.78, 5) is 8.64. The SMILES string of the molecule is C=CCc1c(C)c(C#N)c2nc3ccccc3n2c1N1CC[NH+](CCO)CC1. The van der Waals surface area contributed by atoms with E-state index in [1.54, 1.807) is 0 Å². The molecule has 1 fully saturated rings. The molecule has 2 N–H and O–H groups in total. The van der Waals surface area contributed by atoms with E-state index < -0.39 is 0 Å². The number of hydrogen-bond donors (Lipinski definition) is 2. The number of aliphatic hydroxyl groups is 1. The largest absolute Gasteiger partial charge is 0.391 e. The number of rotatable bonds is 5. The fraction of sp³-hybridized carbons (Fsp3) is 0.364. The molecule has 3 aromatic rings. The van der Waals surface area contributed by atoms with Crippen LogP contribution in [0.25, 0.3) is 16.7 Å². The van der Waals surface area contributed by atoms with Crippen LogP contribution in [-0.4, -0.2) is 53.8 Å². The summed E-state index contributed by atoms with van der Waals surface area (Å²) in [6.07, 6.45) is 2.62. The van der Waals surface area contributed by atoms with Crippen LogP contribution in [0.3, 0.4) is 0 Å². The summed E-state index contributed by atoms with van der Waals surface area (Å²) in [5.74, 6) is 1.13. The summed E-state index contributed by atoms with van der Waals surface area (Å²) >= 11 is 0. The van der Waals surface area contributed by atoms with Gasteiger partial charge in [-0.05, 0) is 31.0 Å². The molecule has 0 unspecified atom stereocenters. The average Bonchev–Trinajstić information content (AvgIpc) is 3.09. The van der Waals surface area contributed by atoms with Crippen LogP contribution in [0.2, 0.25) is 0 Å². The van der Waals surface area contributed by atoms with Gasteiger partial charge in [-0.2, -0.15) is 5.26 Å². The molecule has 0 atom stereocenters. The smallest absolute Gasteiger partial charge is 0.157 e. The second-order valence-corrected chi connectivity index (χ2v) is 7.38. The van der Waals surface area contributed by atoms with Gasteiger partial charge in [0.25, 0.3) is 0 Å². The molecule has 4 rings (SSSR count). The molecule has 0 radical (unpaired) electrons. The monoisotopic (exact) mass is 376 g/mol. The molecule has 0 bridgehead atoms. The van der Waals surface area contributed by atoms with Crippen molar-refractivity contribution in [1.82, 2.24) is 9.38 Å². The number of para-hydroxylation sites is 2. The van der Waals surface area contributed by atoms with Crippen LogP contribution in [0, 0.1) is 18.3 Å². The van der Waals surface area contributed by atoms with E-state index in [-0.39, 0.29) is 6.61 Å². The van der Waals surface area contributed by atoms with Gasteiger partial charge in [0.1, 0.15) is 18.4 Å². The van der Waals surface area contributed by atoms with E-state index in [4.69, 9.17) is 4.98 Å². The minimum absolute atomic E-state index is 0.226. The Morgan fingerprint density at radius 1 is 1.32 bits per heavy atom. The van der Waals surface area contributed by atoms with Gasteiger partial charge in [-0.15, -0.1) is 6.58 Å². The molecule has 144 valence electrons.